The molecule has 1 N–H and O–H groups in total. The number of terminal acetylenes is 1. The van der Waals surface area contributed by atoms with E-state index >= 15 is 0 Å². The van der Waals surface area contributed by atoms with Crippen LogP contribution in [0.4, 0.5) is 0 Å². The predicted octanol–water partition coefficient (Wildman–Crippen LogP) is 2.73. The van der Waals surface area contributed by atoms with Crippen LogP contribution < -0.4 is 0 Å². The van der Waals surface area contributed by atoms with Gasteiger partial charge in [-0.3, -0.25) is 0 Å². The van der Waals surface area contributed by atoms with Crippen molar-refractivity contribution in [2.45, 2.75) is 57.5 Å². The van der Waals surface area contributed by atoms with Crippen LogP contribution >= 0.6 is 0 Å². The largest absolute Gasteiger partial charge is 0.393 e. The van der Waals surface area contributed by atoms with E-state index in [1.54, 1.807) is 0 Å². The van der Waals surface area contributed by atoms with Crippen molar-refractivity contribution >= 4 is 0 Å². The minimum absolute atomic E-state index is 0.00191. The van der Waals surface area contributed by atoms with Crippen LogP contribution in [0.5, 0.6) is 0 Å². The molecular formula is C14H20O. The number of rotatable bonds is 2. The minimum Gasteiger partial charge on any atom is -0.393 e. The van der Waals surface area contributed by atoms with Crippen molar-refractivity contribution in [2.24, 2.45) is 16.7 Å². The van der Waals surface area contributed by atoms with Crippen LogP contribution in [0.1, 0.15) is 51.4 Å². The van der Waals surface area contributed by atoms with Crippen LogP contribution in [-0.2, 0) is 0 Å². The Morgan fingerprint density at radius 2 is 2.20 bits per heavy atom. The van der Waals surface area contributed by atoms with Crippen molar-refractivity contribution < 1.29 is 5.11 Å². The number of hydrogen-bond donors (Lipinski definition) is 1. The van der Waals surface area contributed by atoms with E-state index in [-0.39, 0.29) is 6.10 Å². The number of aliphatic hydroxyl groups is 1. The van der Waals surface area contributed by atoms with Crippen molar-refractivity contribution in [3.63, 3.8) is 0 Å². The van der Waals surface area contributed by atoms with E-state index in [9.17, 15) is 5.11 Å². The van der Waals surface area contributed by atoms with Crippen LogP contribution in [0.2, 0.25) is 0 Å². The molecule has 0 saturated heterocycles. The summed E-state index contributed by atoms with van der Waals surface area (Å²) < 4.78 is 0. The molecule has 0 aromatic rings. The van der Waals surface area contributed by atoms with E-state index in [0.717, 1.165) is 12.8 Å². The highest BCUT2D eigenvalue weighted by atomic mass is 16.3. The first-order valence-corrected chi connectivity index (χ1v) is 6.36. The molecule has 0 aliphatic heterocycles. The molecule has 0 bridgehead atoms. The molecule has 1 spiro atoms. The third-order valence-electron chi connectivity index (χ3n) is 5.60. The second-order valence-electron chi connectivity index (χ2n) is 5.91. The molecule has 0 amide bonds. The Balaban J connectivity index is 1.85. The first-order chi connectivity index (χ1) is 7.24. The average molecular weight is 204 g/mol. The highest BCUT2D eigenvalue weighted by Crippen LogP contribution is 2.77. The Kier molecular flexibility index (Phi) is 1.95. The number of aliphatic hydroxyl groups excluding tert-OH is 1. The summed E-state index contributed by atoms with van der Waals surface area (Å²) in [5.41, 5.74) is 1.06. The normalized spacial score (nSPS) is 51.7. The van der Waals surface area contributed by atoms with Gasteiger partial charge in [0.2, 0.25) is 0 Å². The summed E-state index contributed by atoms with van der Waals surface area (Å²) in [6, 6.07) is 0. The molecule has 3 aliphatic carbocycles. The topological polar surface area (TPSA) is 20.2 Å². The molecular weight excluding hydrogens is 184 g/mol. The molecule has 0 unspecified atom stereocenters. The van der Waals surface area contributed by atoms with Gasteiger partial charge in [0.05, 0.1) is 6.10 Å². The molecule has 0 aromatic heterocycles. The third kappa shape index (κ3) is 1.09. The van der Waals surface area contributed by atoms with Gasteiger partial charge in [-0.25, -0.2) is 0 Å². The van der Waals surface area contributed by atoms with Crippen molar-refractivity contribution in [2.75, 3.05) is 0 Å². The molecule has 3 aliphatic rings. The summed E-state index contributed by atoms with van der Waals surface area (Å²) in [4.78, 5) is 0. The van der Waals surface area contributed by atoms with Crippen LogP contribution in [0.25, 0.3) is 0 Å². The number of hydrogen-bond acceptors (Lipinski definition) is 1. The van der Waals surface area contributed by atoms with E-state index in [0.29, 0.717) is 16.7 Å². The fourth-order valence-electron chi connectivity index (χ4n) is 4.80. The summed E-state index contributed by atoms with van der Waals surface area (Å²) >= 11 is 0. The van der Waals surface area contributed by atoms with Gasteiger partial charge in [0.15, 0.2) is 0 Å². The van der Waals surface area contributed by atoms with Crippen LogP contribution in [0, 0.1) is 29.1 Å². The Bertz CT molecular complexity index is 316. The molecule has 4 atom stereocenters. The quantitative estimate of drug-likeness (QED) is 0.686. The van der Waals surface area contributed by atoms with Gasteiger partial charge in [-0.2, -0.15) is 0 Å². The minimum atomic E-state index is 0.00191. The van der Waals surface area contributed by atoms with E-state index in [2.05, 4.69) is 5.92 Å². The van der Waals surface area contributed by atoms with Crippen LogP contribution in [-0.4, -0.2) is 11.2 Å². The highest BCUT2D eigenvalue weighted by molar-refractivity contribution is 5.20. The average Bonchev–Trinajstić information content (AvgIpc) is 2.86. The van der Waals surface area contributed by atoms with Crippen molar-refractivity contribution in [1.82, 2.24) is 0 Å². The fraction of sp³-hybridized carbons (Fsp3) is 0.857. The van der Waals surface area contributed by atoms with Gasteiger partial charge in [0, 0.05) is 6.42 Å². The van der Waals surface area contributed by atoms with Crippen LogP contribution in [0.3, 0.4) is 0 Å². The van der Waals surface area contributed by atoms with Gasteiger partial charge in [-0.05, 0) is 55.3 Å². The van der Waals surface area contributed by atoms with Gasteiger partial charge in [0.25, 0.3) is 0 Å². The summed E-state index contributed by atoms with van der Waals surface area (Å²) in [7, 11) is 0. The smallest absolute Gasteiger partial charge is 0.0574 e. The molecule has 82 valence electrons. The molecule has 15 heavy (non-hydrogen) atoms. The molecule has 0 heterocycles. The van der Waals surface area contributed by atoms with Gasteiger partial charge in [0.1, 0.15) is 0 Å². The Hall–Kier alpha value is -0.480. The van der Waals surface area contributed by atoms with Crippen molar-refractivity contribution in [3.05, 3.63) is 0 Å². The molecule has 0 aromatic carbocycles. The van der Waals surface area contributed by atoms with E-state index in [1.165, 1.54) is 38.5 Å². The molecule has 0 radical (unpaired) electrons. The maximum absolute atomic E-state index is 9.96. The maximum Gasteiger partial charge on any atom is 0.0574 e. The molecule has 1 heteroatoms. The van der Waals surface area contributed by atoms with Gasteiger partial charge < -0.3 is 5.11 Å². The fourth-order valence-corrected chi connectivity index (χ4v) is 4.80. The zero-order valence-electron chi connectivity index (χ0n) is 9.34. The van der Waals surface area contributed by atoms with Gasteiger partial charge in [-0.15, -0.1) is 12.3 Å². The lowest BCUT2D eigenvalue weighted by molar-refractivity contribution is 0.0143. The van der Waals surface area contributed by atoms with Crippen molar-refractivity contribution in [1.29, 1.82) is 0 Å². The van der Waals surface area contributed by atoms with Gasteiger partial charge in [-0.1, -0.05) is 6.42 Å². The Labute approximate surface area is 92.3 Å². The zero-order chi connectivity index (χ0) is 10.5. The van der Waals surface area contributed by atoms with E-state index in [4.69, 9.17) is 6.42 Å². The molecule has 3 saturated carbocycles. The summed E-state index contributed by atoms with van der Waals surface area (Å²) in [5, 5.41) is 9.96. The molecule has 3 fully saturated rings. The second-order valence-corrected chi connectivity index (χ2v) is 5.91. The zero-order valence-corrected chi connectivity index (χ0v) is 9.34. The first-order valence-electron chi connectivity index (χ1n) is 6.36. The predicted molar refractivity (Wildman–Crippen MR) is 60.1 cm³/mol. The molecule has 3 rings (SSSR count). The van der Waals surface area contributed by atoms with E-state index < -0.39 is 0 Å². The van der Waals surface area contributed by atoms with Crippen molar-refractivity contribution in [3.8, 4) is 12.3 Å². The standard InChI is InChI=1S/C14H20O/c1-2-3-6-13-7-4-8-14(13)10-11(14)12(15)5-9-13/h1,11-12,15H,3-10H2/t11-,12-,13-,14-/m0/s1. The Morgan fingerprint density at radius 3 is 3.00 bits per heavy atom. The highest BCUT2D eigenvalue weighted by Gasteiger charge is 2.71. The Morgan fingerprint density at radius 1 is 1.33 bits per heavy atom. The van der Waals surface area contributed by atoms with E-state index in [1.807, 2.05) is 0 Å². The molecule has 1 nitrogen and oxygen atoms in total. The van der Waals surface area contributed by atoms with Gasteiger partial charge >= 0.3 is 0 Å². The SMILES string of the molecule is C#CCC[C@@]12CCC[C@@]13C[C@H]3[C@@H](O)CC2. The first kappa shape index (κ1) is 9.73. The third-order valence-corrected chi connectivity index (χ3v) is 5.60. The van der Waals surface area contributed by atoms with Crippen LogP contribution in [0.15, 0.2) is 0 Å². The lowest BCUT2D eigenvalue weighted by Crippen LogP contribution is -2.36. The summed E-state index contributed by atoms with van der Waals surface area (Å²) in [6.07, 6.45) is 15.2. The lowest BCUT2D eigenvalue weighted by atomic mass is 9.64. The monoisotopic (exact) mass is 204 g/mol. The summed E-state index contributed by atoms with van der Waals surface area (Å²) in [6.45, 7) is 0. The summed E-state index contributed by atoms with van der Waals surface area (Å²) in [5.74, 6) is 3.44. The second kappa shape index (κ2) is 3.01. The lowest BCUT2D eigenvalue weighted by Gasteiger charge is -2.41. The maximum atomic E-state index is 9.96.